The van der Waals surface area contributed by atoms with Gasteiger partial charge in [0.25, 0.3) is 0 Å². The third-order valence-electron chi connectivity index (χ3n) is 1.23. The largest absolute Gasteiger partial charge is 0.478 e. The van der Waals surface area contributed by atoms with Crippen LogP contribution in [0.15, 0.2) is 23.4 Å². The highest BCUT2D eigenvalue weighted by Crippen LogP contribution is 2.20. The van der Waals surface area contributed by atoms with Gasteiger partial charge in [-0.25, -0.2) is 4.79 Å². The second kappa shape index (κ2) is 3.32. The standard InChI is InChI=1S/C7H4ClNO3/c8-5-1-4(7(10)11)2-6(3-5)9-12/h1-3H,(H,10,11). The number of hydrogen-bond donors (Lipinski definition) is 1. The van der Waals surface area contributed by atoms with Gasteiger partial charge in [0, 0.05) is 5.02 Å². The van der Waals surface area contributed by atoms with E-state index in [-0.39, 0.29) is 16.3 Å². The number of aromatic carboxylic acids is 1. The Morgan fingerprint density at radius 3 is 2.58 bits per heavy atom. The van der Waals surface area contributed by atoms with Crippen LogP contribution in [0, 0.1) is 4.91 Å². The maximum absolute atomic E-state index is 10.4. The summed E-state index contributed by atoms with van der Waals surface area (Å²) in [6.45, 7) is 0. The molecule has 0 unspecified atom stereocenters. The van der Waals surface area contributed by atoms with E-state index in [1.165, 1.54) is 12.1 Å². The zero-order valence-electron chi connectivity index (χ0n) is 5.82. The van der Waals surface area contributed by atoms with Gasteiger partial charge in [0.05, 0.1) is 5.56 Å². The van der Waals surface area contributed by atoms with E-state index in [4.69, 9.17) is 16.7 Å². The summed E-state index contributed by atoms with van der Waals surface area (Å²) in [5.41, 5.74) is -0.0306. The lowest BCUT2D eigenvalue weighted by atomic mass is 10.2. The highest BCUT2D eigenvalue weighted by molar-refractivity contribution is 6.31. The van der Waals surface area contributed by atoms with Crippen molar-refractivity contribution in [3.8, 4) is 0 Å². The molecule has 0 fully saturated rings. The molecule has 0 atom stereocenters. The Kier molecular flexibility index (Phi) is 2.40. The van der Waals surface area contributed by atoms with E-state index in [9.17, 15) is 9.70 Å². The van der Waals surface area contributed by atoms with E-state index in [1.807, 2.05) is 0 Å². The SMILES string of the molecule is O=Nc1cc(Cl)cc(C(=O)O)c1. The molecule has 1 rings (SSSR count). The number of carbonyl (C=O) groups is 1. The van der Waals surface area contributed by atoms with Crippen molar-refractivity contribution in [1.29, 1.82) is 0 Å². The zero-order chi connectivity index (χ0) is 9.14. The summed E-state index contributed by atoms with van der Waals surface area (Å²) in [7, 11) is 0. The fourth-order valence-electron chi connectivity index (χ4n) is 0.750. The predicted molar refractivity (Wildman–Crippen MR) is 43.9 cm³/mol. The van der Waals surface area contributed by atoms with Gasteiger partial charge in [0.15, 0.2) is 0 Å². The molecule has 0 aliphatic heterocycles. The molecule has 1 aromatic rings. The Bertz CT molecular complexity index is 337. The van der Waals surface area contributed by atoms with Crippen LogP contribution in [0.1, 0.15) is 10.4 Å². The van der Waals surface area contributed by atoms with Crippen molar-refractivity contribution in [3.63, 3.8) is 0 Å². The fraction of sp³-hybridized carbons (Fsp3) is 0. The van der Waals surface area contributed by atoms with Crippen LogP contribution in [0.2, 0.25) is 5.02 Å². The van der Waals surface area contributed by atoms with Crippen molar-refractivity contribution in [2.24, 2.45) is 5.18 Å². The van der Waals surface area contributed by atoms with Crippen LogP contribution in [0.4, 0.5) is 5.69 Å². The number of hydrogen-bond acceptors (Lipinski definition) is 3. The number of benzene rings is 1. The predicted octanol–water partition coefficient (Wildman–Crippen LogP) is 2.44. The number of carboxylic acids is 1. The zero-order valence-corrected chi connectivity index (χ0v) is 6.58. The minimum atomic E-state index is -1.14. The van der Waals surface area contributed by atoms with E-state index in [0.29, 0.717) is 0 Å². The number of nitrogens with zero attached hydrogens (tertiary/aromatic N) is 1. The van der Waals surface area contributed by atoms with Crippen LogP contribution in [-0.2, 0) is 0 Å². The van der Waals surface area contributed by atoms with Gasteiger partial charge in [-0.1, -0.05) is 11.6 Å². The maximum atomic E-state index is 10.4. The Morgan fingerprint density at radius 2 is 2.08 bits per heavy atom. The van der Waals surface area contributed by atoms with Crippen molar-refractivity contribution in [2.75, 3.05) is 0 Å². The Labute approximate surface area is 72.8 Å². The first kappa shape index (κ1) is 8.67. The summed E-state index contributed by atoms with van der Waals surface area (Å²) in [4.78, 5) is 20.5. The first-order valence-corrected chi connectivity index (χ1v) is 3.38. The number of nitroso groups, excluding NO2 is 1. The second-order valence-electron chi connectivity index (χ2n) is 2.09. The molecule has 4 nitrogen and oxygen atoms in total. The van der Waals surface area contributed by atoms with Crippen LogP contribution in [-0.4, -0.2) is 11.1 Å². The molecule has 0 heterocycles. The molecule has 5 heteroatoms. The third kappa shape index (κ3) is 1.79. The topological polar surface area (TPSA) is 66.7 Å². The Morgan fingerprint density at radius 1 is 1.42 bits per heavy atom. The lowest BCUT2D eigenvalue weighted by Gasteiger charge is -1.95. The summed E-state index contributed by atoms with van der Waals surface area (Å²) >= 11 is 5.51. The molecule has 0 aliphatic carbocycles. The summed E-state index contributed by atoms with van der Waals surface area (Å²) in [6, 6.07) is 3.70. The van der Waals surface area contributed by atoms with Crippen molar-refractivity contribution >= 4 is 23.3 Å². The first-order valence-electron chi connectivity index (χ1n) is 3.00. The Balaban J connectivity index is 3.23. The minimum Gasteiger partial charge on any atom is -0.478 e. The van der Waals surface area contributed by atoms with Crippen molar-refractivity contribution in [1.82, 2.24) is 0 Å². The smallest absolute Gasteiger partial charge is 0.335 e. The number of halogens is 1. The third-order valence-corrected chi connectivity index (χ3v) is 1.45. The van der Waals surface area contributed by atoms with Gasteiger partial charge in [0.2, 0.25) is 0 Å². The summed E-state index contributed by atoms with van der Waals surface area (Å²) < 4.78 is 0. The van der Waals surface area contributed by atoms with E-state index < -0.39 is 5.97 Å². The first-order chi connectivity index (χ1) is 5.63. The number of carboxylic acid groups (broad SMARTS) is 1. The molecular weight excluding hydrogens is 182 g/mol. The molecule has 0 spiro atoms. The van der Waals surface area contributed by atoms with Gasteiger partial charge < -0.3 is 5.11 Å². The molecule has 0 saturated carbocycles. The summed E-state index contributed by atoms with van der Waals surface area (Å²) in [5.74, 6) is -1.14. The highest BCUT2D eigenvalue weighted by atomic mass is 35.5. The van der Waals surface area contributed by atoms with Crippen LogP contribution in [0.5, 0.6) is 0 Å². The lowest BCUT2D eigenvalue weighted by Crippen LogP contribution is -1.94. The molecule has 0 saturated heterocycles. The molecule has 1 N–H and O–H groups in total. The summed E-state index contributed by atoms with van der Waals surface area (Å²) in [5, 5.41) is 11.3. The monoisotopic (exact) mass is 185 g/mol. The van der Waals surface area contributed by atoms with E-state index >= 15 is 0 Å². The summed E-state index contributed by atoms with van der Waals surface area (Å²) in [6.07, 6.45) is 0. The lowest BCUT2D eigenvalue weighted by molar-refractivity contribution is 0.0697. The van der Waals surface area contributed by atoms with Gasteiger partial charge in [-0.3, -0.25) is 0 Å². The molecule has 62 valence electrons. The average Bonchev–Trinajstić information content (AvgIpc) is 2.03. The molecule has 0 amide bonds. The average molecular weight is 186 g/mol. The van der Waals surface area contributed by atoms with Crippen LogP contribution in [0.25, 0.3) is 0 Å². The quantitative estimate of drug-likeness (QED) is 0.720. The molecular formula is C7H4ClNO3. The maximum Gasteiger partial charge on any atom is 0.335 e. The van der Waals surface area contributed by atoms with Gasteiger partial charge in [-0.2, -0.15) is 0 Å². The molecule has 1 aromatic carbocycles. The van der Waals surface area contributed by atoms with E-state index in [2.05, 4.69) is 5.18 Å². The van der Waals surface area contributed by atoms with Gasteiger partial charge in [0.1, 0.15) is 5.69 Å². The van der Waals surface area contributed by atoms with Gasteiger partial charge >= 0.3 is 5.97 Å². The van der Waals surface area contributed by atoms with Crippen LogP contribution in [0.3, 0.4) is 0 Å². The van der Waals surface area contributed by atoms with Crippen molar-refractivity contribution < 1.29 is 9.90 Å². The minimum absolute atomic E-state index is 0.0138. The van der Waals surface area contributed by atoms with E-state index in [1.54, 1.807) is 0 Å². The molecule has 12 heavy (non-hydrogen) atoms. The second-order valence-corrected chi connectivity index (χ2v) is 2.53. The molecule has 0 aliphatic rings. The number of rotatable bonds is 2. The Hall–Kier alpha value is -1.42. The van der Waals surface area contributed by atoms with Crippen LogP contribution >= 0.6 is 11.6 Å². The van der Waals surface area contributed by atoms with E-state index in [0.717, 1.165) is 6.07 Å². The molecule has 0 bridgehead atoms. The molecule has 0 radical (unpaired) electrons. The molecule has 0 aromatic heterocycles. The van der Waals surface area contributed by atoms with Crippen molar-refractivity contribution in [3.05, 3.63) is 33.7 Å². The fourth-order valence-corrected chi connectivity index (χ4v) is 0.980. The van der Waals surface area contributed by atoms with Crippen LogP contribution < -0.4 is 0 Å². The van der Waals surface area contributed by atoms with Crippen molar-refractivity contribution in [2.45, 2.75) is 0 Å². The normalized spacial score (nSPS) is 9.42. The van der Waals surface area contributed by atoms with Gasteiger partial charge in [-0.05, 0) is 23.4 Å². The highest BCUT2D eigenvalue weighted by Gasteiger charge is 2.05. The van der Waals surface area contributed by atoms with Gasteiger partial charge in [-0.15, -0.1) is 4.91 Å².